The molecular weight excluding hydrogens is 572 g/mol. The number of alkyl halides is 3. The highest BCUT2D eigenvalue weighted by Crippen LogP contribution is 2.32. The molecule has 3 rings (SSSR count). The van der Waals surface area contributed by atoms with Gasteiger partial charge in [0.05, 0.1) is 30.5 Å². The Morgan fingerprint density at radius 2 is 1.67 bits per heavy atom. The largest absolute Gasteiger partial charge is 0.451 e. The number of hydrazine groups is 1. The maximum Gasteiger partial charge on any atom is 0.438 e. The van der Waals surface area contributed by atoms with Crippen molar-refractivity contribution in [3.05, 3.63) is 69.1 Å². The molecule has 1 aromatic carbocycles. The molecular formula is C22H17Cl2F3N6O6. The first kappa shape index (κ1) is 29.2. The maximum absolute atomic E-state index is 13.5. The number of benzene rings is 1. The monoisotopic (exact) mass is 588 g/mol. The van der Waals surface area contributed by atoms with Crippen molar-refractivity contribution in [1.82, 2.24) is 25.2 Å². The van der Waals surface area contributed by atoms with Crippen molar-refractivity contribution in [2.24, 2.45) is 0 Å². The van der Waals surface area contributed by atoms with Gasteiger partial charge in [-0.3, -0.25) is 9.59 Å². The van der Waals surface area contributed by atoms with Crippen LogP contribution in [0.15, 0.2) is 36.5 Å². The second-order valence-electron chi connectivity index (χ2n) is 7.45. The summed E-state index contributed by atoms with van der Waals surface area (Å²) in [5.41, 5.74) is -0.480. The van der Waals surface area contributed by atoms with Crippen LogP contribution in [-0.2, 0) is 15.7 Å². The molecule has 17 heteroatoms. The fraction of sp³-hybridized carbons (Fsp3) is 0.182. The van der Waals surface area contributed by atoms with Crippen molar-refractivity contribution >= 4 is 52.9 Å². The number of hydrogen-bond acceptors (Lipinski definition) is 8. The highest BCUT2D eigenvalue weighted by atomic mass is 35.5. The fourth-order valence-electron chi connectivity index (χ4n) is 3.15. The average Bonchev–Trinajstić information content (AvgIpc) is 3.34. The van der Waals surface area contributed by atoms with E-state index >= 15 is 0 Å². The van der Waals surface area contributed by atoms with Gasteiger partial charge in [-0.05, 0) is 36.8 Å². The van der Waals surface area contributed by atoms with Gasteiger partial charge in [0, 0.05) is 17.3 Å². The van der Waals surface area contributed by atoms with Crippen molar-refractivity contribution in [3.63, 3.8) is 0 Å². The highest BCUT2D eigenvalue weighted by Gasteiger charge is 2.37. The molecule has 2 aromatic heterocycles. The highest BCUT2D eigenvalue weighted by molar-refractivity contribution is 6.32. The van der Waals surface area contributed by atoms with E-state index in [2.05, 4.69) is 24.9 Å². The Bertz CT molecular complexity index is 1450. The Balaban J connectivity index is 2.07. The third-order valence-electron chi connectivity index (χ3n) is 4.88. The van der Waals surface area contributed by atoms with Gasteiger partial charge in [-0.25, -0.2) is 24.7 Å². The molecule has 2 heterocycles. The van der Waals surface area contributed by atoms with E-state index in [0.717, 1.165) is 20.3 Å². The van der Waals surface area contributed by atoms with Gasteiger partial charge < -0.3 is 14.8 Å². The molecule has 206 valence electrons. The van der Waals surface area contributed by atoms with Crippen LogP contribution in [0.4, 0.5) is 28.4 Å². The Hall–Kier alpha value is -4.37. The standard InChI is InChI=1S/C22H17Cl2F3N6O6/c1-10-7-11(23)8-12(18(34)31-33(20(36)38-2)21(37)39-3)16(10)29-19(35)14-9-15(22(25,26)27)30-32(14)17-13(24)5-4-6-28-17/h4-9H,1-3H3,(H,29,35)(H,31,34). The molecule has 12 nitrogen and oxygen atoms in total. The molecule has 0 unspecified atom stereocenters. The van der Waals surface area contributed by atoms with Crippen molar-refractivity contribution in [3.8, 4) is 5.82 Å². The van der Waals surface area contributed by atoms with E-state index in [0.29, 0.717) is 10.7 Å². The maximum atomic E-state index is 13.5. The predicted octanol–water partition coefficient (Wildman–Crippen LogP) is 4.63. The lowest BCUT2D eigenvalue weighted by molar-refractivity contribution is -0.141. The van der Waals surface area contributed by atoms with Gasteiger partial charge >= 0.3 is 18.4 Å². The summed E-state index contributed by atoms with van der Waals surface area (Å²) in [5, 5.41) is 5.81. The molecule has 3 aromatic rings. The van der Waals surface area contributed by atoms with Gasteiger partial charge in [-0.2, -0.15) is 18.3 Å². The van der Waals surface area contributed by atoms with Gasteiger partial charge in [-0.1, -0.05) is 23.2 Å². The Morgan fingerprint density at radius 1 is 1.03 bits per heavy atom. The van der Waals surface area contributed by atoms with E-state index in [1.165, 1.54) is 31.3 Å². The van der Waals surface area contributed by atoms with Crippen LogP contribution in [0.3, 0.4) is 0 Å². The van der Waals surface area contributed by atoms with Crippen LogP contribution >= 0.6 is 23.2 Å². The number of carbonyl (C=O) groups is 4. The van der Waals surface area contributed by atoms with Crippen LogP contribution in [0, 0.1) is 6.92 Å². The first-order chi connectivity index (χ1) is 18.3. The Labute approximate surface area is 227 Å². The lowest BCUT2D eigenvalue weighted by Gasteiger charge is -2.20. The number of carbonyl (C=O) groups excluding carboxylic acids is 4. The summed E-state index contributed by atoms with van der Waals surface area (Å²) in [5.74, 6) is -2.54. The summed E-state index contributed by atoms with van der Waals surface area (Å²) < 4.78 is 49.9. The topological polar surface area (TPSA) is 145 Å². The number of aromatic nitrogens is 3. The minimum Gasteiger partial charge on any atom is -0.451 e. The minimum atomic E-state index is -4.92. The van der Waals surface area contributed by atoms with E-state index < -0.39 is 41.6 Å². The fourth-order valence-corrected chi connectivity index (χ4v) is 3.63. The molecule has 0 aliphatic heterocycles. The van der Waals surface area contributed by atoms with Crippen molar-refractivity contribution in [2.45, 2.75) is 13.1 Å². The number of nitrogens with zero attached hydrogens (tertiary/aromatic N) is 4. The molecule has 0 bridgehead atoms. The van der Waals surface area contributed by atoms with Crippen LogP contribution in [0.2, 0.25) is 10.0 Å². The van der Waals surface area contributed by atoms with E-state index in [1.54, 1.807) is 0 Å². The second kappa shape index (κ2) is 11.6. The SMILES string of the molecule is COC(=O)N(NC(=O)c1cc(Cl)cc(C)c1NC(=O)c1cc(C(F)(F)F)nn1-c1ncccc1Cl)C(=O)OC. The molecule has 0 aliphatic carbocycles. The minimum absolute atomic E-state index is 0.0167. The zero-order chi connectivity index (χ0) is 29.1. The quantitative estimate of drug-likeness (QED) is 0.419. The van der Waals surface area contributed by atoms with Crippen LogP contribution in [0.5, 0.6) is 0 Å². The first-order valence-electron chi connectivity index (χ1n) is 10.4. The van der Waals surface area contributed by atoms with Crippen molar-refractivity contribution < 1.29 is 41.8 Å². The number of nitrogens with one attached hydrogen (secondary N) is 2. The van der Waals surface area contributed by atoms with Gasteiger partial charge in [0.25, 0.3) is 11.8 Å². The van der Waals surface area contributed by atoms with E-state index in [1.807, 2.05) is 5.43 Å². The van der Waals surface area contributed by atoms with Crippen molar-refractivity contribution in [2.75, 3.05) is 19.5 Å². The summed E-state index contributed by atoms with van der Waals surface area (Å²) in [6, 6.07) is 5.66. The number of ether oxygens (including phenoxy) is 2. The molecule has 0 atom stereocenters. The molecule has 0 saturated heterocycles. The molecule has 0 saturated carbocycles. The summed E-state index contributed by atoms with van der Waals surface area (Å²) >= 11 is 12.1. The number of anilines is 1. The second-order valence-corrected chi connectivity index (χ2v) is 8.29. The van der Waals surface area contributed by atoms with E-state index in [4.69, 9.17) is 23.2 Å². The molecule has 0 fully saturated rings. The van der Waals surface area contributed by atoms with Crippen LogP contribution in [-0.4, -0.2) is 58.0 Å². The van der Waals surface area contributed by atoms with Crippen LogP contribution in [0.25, 0.3) is 5.82 Å². The molecule has 0 radical (unpaired) electrons. The van der Waals surface area contributed by atoms with E-state index in [-0.39, 0.29) is 37.7 Å². The van der Waals surface area contributed by atoms with Crippen LogP contribution in [0.1, 0.15) is 32.1 Å². The Kier molecular flexibility index (Phi) is 8.66. The number of rotatable bonds is 4. The zero-order valence-corrected chi connectivity index (χ0v) is 21.6. The zero-order valence-electron chi connectivity index (χ0n) is 20.1. The number of methoxy groups -OCH3 is 2. The number of halogens is 5. The average molecular weight is 589 g/mol. The first-order valence-corrected chi connectivity index (χ1v) is 11.2. The van der Waals surface area contributed by atoms with Crippen molar-refractivity contribution in [1.29, 1.82) is 0 Å². The predicted molar refractivity (Wildman–Crippen MR) is 130 cm³/mol. The molecule has 0 aliphatic rings. The summed E-state index contributed by atoms with van der Waals surface area (Å²) in [7, 11) is 1.87. The summed E-state index contributed by atoms with van der Waals surface area (Å²) in [4.78, 5) is 54.0. The lowest BCUT2D eigenvalue weighted by atomic mass is 10.1. The summed E-state index contributed by atoms with van der Waals surface area (Å²) in [6.07, 6.45) is -6.31. The number of pyridine rings is 1. The molecule has 2 N–H and O–H groups in total. The third kappa shape index (κ3) is 6.38. The smallest absolute Gasteiger partial charge is 0.438 e. The molecule has 39 heavy (non-hydrogen) atoms. The normalized spacial score (nSPS) is 11.0. The lowest BCUT2D eigenvalue weighted by Crippen LogP contribution is -2.50. The van der Waals surface area contributed by atoms with Crippen LogP contribution < -0.4 is 10.7 Å². The van der Waals surface area contributed by atoms with Gasteiger partial charge in [0.15, 0.2) is 11.5 Å². The number of imide groups is 1. The van der Waals surface area contributed by atoms with Gasteiger partial charge in [0.1, 0.15) is 5.69 Å². The molecule has 0 spiro atoms. The Morgan fingerprint density at radius 3 is 2.23 bits per heavy atom. The number of amides is 4. The van der Waals surface area contributed by atoms with Gasteiger partial charge in [-0.15, -0.1) is 5.01 Å². The number of aryl methyl sites for hydroxylation is 1. The number of hydrogen-bond donors (Lipinski definition) is 2. The summed E-state index contributed by atoms with van der Waals surface area (Å²) in [6.45, 7) is 1.44. The van der Waals surface area contributed by atoms with Gasteiger partial charge in [0.2, 0.25) is 0 Å². The third-order valence-corrected chi connectivity index (χ3v) is 5.40. The molecule has 4 amide bonds. The van der Waals surface area contributed by atoms with E-state index in [9.17, 15) is 32.3 Å².